The van der Waals surface area contributed by atoms with Crippen LogP contribution in [0.15, 0.2) is 36.7 Å². The molecule has 0 aliphatic carbocycles. The number of aryl methyl sites for hydroxylation is 1. The van der Waals surface area contributed by atoms with E-state index in [1.807, 2.05) is 57.6 Å². The van der Waals surface area contributed by atoms with Gasteiger partial charge in [0.2, 0.25) is 0 Å². The first-order valence-corrected chi connectivity index (χ1v) is 8.10. The van der Waals surface area contributed by atoms with Gasteiger partial charge in [-0.2, -0.15) is 0 Å². The first-order valence-electron chi connectivity index (χ1n) is 7.28. The van der Waals surface area contributed by atoms with Crippen molar-refractivity contribution >= 4 is 28.0 Å². The molecule has 1 aromatic carbocycles. The number of benzene rings is 1. The SMILES string of the molecule is Cc1ncc(CN(C)C(C)C(=O)c2c[nH]c3ccccc23)s1. The molecule has 2 aromatic heterocycles. The van der Waals surface area contributed by atoms with E-state index in [9.17, 15) is 4.79 Å². The second kappa shape index (κ2) is 6.02. The minimum absolute atomic E-state index is 0.140. The van der Waals surface area contributed by atoms with Crippen LogP contribution in [0.2, 0.25) is 0 Å². The van der Waals surface area contributed by atoms with Crippen LogP contribution in [0.25, 0.3) is 10.9 Å². The number of nitrogens with one attached hydrogen (secondary N) is 1. The summed E-state index contributed by atoms with van der Waals surface area (Å²) >= 11 is 1.67. The van der Waals surface area contributed by atoms with Gasteiger partial charge in [0.15, 0.2) is 5.78 Å². The quantitative estimate of drug-likeness (QED) is 0.732. The summed E-state index contributed by atoms with van der Waals surface area (Å²) in [5.41, 5.74) is 1.76. The molecule has 0 radical (unpaired) electrons. The molecule has 4 nitrogen and oxygen atoms in total. The van der Waals surface area contributed by atoms with Gasteiger partial charge >= 0.3 is 0 Å². The molecule has 0 saturated carbocycles. The summed E-state index contributed by atoms with van der Waals surface area (Å²) in [7, 11) is 1.98. The van der Waals surface area contributed by atoms with Crippen molar-refractivity contribution in [3.63, 3.8) is 0 Å². The highest BCUT2D eigenvalue weighted by molar-refractivity contribution is 7.11. The number of aromatic nitrogens is 2. The number of carbonyl (C=O) groups is 1. The second-order valence-corrected chi connectivity index (χ2v) is 6.87. The zero-order chi connectivity index (χ0) is 15.7. The van der Waals surface area contributed by atoms with Crippen LogP contribution >= 0.6 is 11.3 Å². The molecule has 3 rings (SSSR count). The van der Waals surface area contributed by atoms with Crippen molar-refractivity contribution in [2.45, 2.75) is 26.4 Å². The van der Waals surface area contributed by atoms with Crippen molar-refractivity contribution in [3.8, 4) is 0 Å². The maximum Gasteiger partial charge on any atom is 0.181 e. The summed E-state index contributed by atoms with van der Waals surface area (Å²) in [6.45, 7) is 4.69. The zero-order valence-corrected chi connectivity index (χ0v) is 13.8. The Hall–Kier alpha value is -1.98. The van der Waals surface area contributed by atoms with Gasteiger partial charge in [-0.1, -0.05) is 18.2 Å². The fraction of sp³-hybridized carbons (Fsp3) is 0.294. The highest BCUT2D eigenvalue weighted by Gasteiger charge is 2.22. The number of para-hydroxylation sites is 1. The van der Waals surface area contributed by atoms with Gasteiger partial charge < -0.3 is 4.98 Å². The second-order valence-electron chi connectivity index (χ2n) is 5.55. The van der Waals surface area contributed by atoms with Crippen molar-refractivity contribution in [1.29, 1.82) is 0 Å². The van der Waals surface area contributed by atoms with Crippen molar-refractivity contribution in [3.05, 3.63) is 52.1 Å². The van der Waals surface area contributed by atoms with E-state index in [4.69, 9.17) is 0 Å². The minimum atomic E-state index is -0.179. The van der Waals surface area contributed by atoms with E-state index in [0.717, 1.165) is 28.0 Å². The topological polar surface area (TPSA) is 49.0 Å². The van der Waals surface area contributed by atoms with Crippen LogP contribution in [0.3, 0.4) is 0 Å². The lowest BCUT2D eigenvalue weighted by Gasteiger charge is -2.22. The lowest BCUT2D eigenvalue weighted by atomic mass is 10.0. The molecule has 5 heteroatoms. The molecule has 0 bridgehead atoms. The van der Waals surface area contributed by atoms with Gasteiger partial charge in [0, 0.05) is 40.3 Å². The molecule has 114 valence electrons. The highest BCUT2D eigenvalue weighted by Crippen LogP contribution is 2.21. The van der Waals surface area contributed by atoms with Crippen LogP contribution in [-0.4, -0.2) is 33.7 Å². The molecule has 0 aliphatic heterocycles. The summed E-state index contributed by atoms with van der Waals surface area (Å²) in [6, 6.07) is 7.72. The Labute approximate surface area is 133 Å². The fourth-order valence-electron chi connectivity index (χ4n) is 2.56. The smallest absolute Gasteiger partial charge is 0.181 e. The normalized spacial score (nSPS) is 12.9. The Morgan fingerprint density at radius 2 is 2.18 bits per heavy atom. The van der Waals surface area contributed by atoms with Gasteiger partial charge in [-0.25, -0.2) is 4.98 Å². The molecule has 2 heterocycles. The summed E-state index contributed by atoms with van der Waals surface area (Å²) in [5.74, 6) is 0.140. The number of likely N-dealkylation sites (N-methyl/N-ethyl adjacent to an activating group) is 1. The average molecular weight is 313 g/mol. The third-order valence-corrected chi connectivity index (χ3v) is 4.87. The lowest BCUT2D eigenvalue weighted by Crippen LogP contribution is -2.35. The minimum Gasteiger partial charge on any atom is -0.360 e. The Balaban J connectivity index is 1.79. The van der Waals surface area contributed by atoms with Crippen LogP contribution < -0.4 is 0 Å². The van der Waals surface area contributed by atoms with Gasteiger partial charge in [0.25, 0.3) is 0 Å². The van der Waals surface area contributed by atoms with Crippen molar-refractivity contribution in [2.75, 3.05) is 7.05 Å². The van der Waals surface area contributed by atoms with E-state index in [1.54, 1.807) is 11.3 Å². The van der Waals surface area contributed by atoms with E-state index >= 15 is 0 Å². The largest absolute Gasteiger partial charge is 0.360 e. The Morgan fingerprint density at radius 3 is 2.91 bits per heavy atom. The van der Waals surface area contributed by atoms with Crippen LogP contribution in [0.5, 0.6) is 0 Å². The number of ketones is 1. The van der Waals surface area contributed by atoms with E-state index in [2.05, 4.69) is 14.9 Å². The van der Waals surface area contributed by atoms with Crippen molar-refractivity contribution in [2.24, 2.45) is 0 Å². The summed E-state index contributed by atoms with van der Waals surface area (Å²) < 4.78 is 0. The predicted molar refractivity (Wildman–Crippen MR) is 90.4 cm³/mol. The van der Waals surface area contributed by atoms with Crippen LogP contribution in [0.1, 0.15) is 27.2 Å². The number of nitrogens with zero attached hydrogens (tertiary/aromatic N) is 2. The number of aromatic amines is 1. The first kappa shape index (κ1) is 14.9. The zero-order valence-electron chi connectivity index (χ0n) is 13.0. The van der Waals surface area contributed by atoms with Gasteiger partial charge in [-0.3, -0.25) is 9.69 Å². The number of Topliss-reactive ketones (excluding diaryl/α,β-unsaturated/α-hetero) is 1. The fourth-order valence-corrected chi connectivity index (χ4v) is 3.42. The molecule has 0 saturated heterocycles. The van der Waals surface area contributed by atoms with Crippen molar-refractivity contribution < 1.29 is 4.79 Å². The van der Waals surface area contributed by atoms with E-state index in [1.165, 1.54) is 4.88 Å². The Morgan fingerprint density at radius 1 is 1.41 bits per heavy atom. The van der Waals surface area contributed by atoms with E-state index in [0.29, 0.717) is 0 Å². The number of hydrogen-bond acceptors (Lipinski definition) is 4. The lowest BCUT2D eigenvalue weighted by molar-refractivity contribution is 0.0865. The molecular formula is C17H19N3OS. The molecule has 0 aliphatic rings. The average Bonchev–Trinajstić information content (AvgIpc) is 3.12. The number of carbonyl (C=O) groups excluding carboxylic acids is 1. The number of thiazole rings is 1. The van der Waals surface area contributed by atoms with E-state index in [-0.39, 0.29) is 11.8 Å². The maximum absolute atomic E-state index is 12.8. The number of fused-ring (bicyclic) bond motifs is 1. The molecule has 1 atom stereocenters. The maximum atomic E-state index is 12.8. The Bertz CT molecular complexity index is 805. The molecule has 22 heavy (non-hydrogen) atoms. The van der Waals surface area contributed by atoms with Crippen LogP contribution in [0, 0.1) is 6.92 Å². The highest BCUT2D eigenvalue weighted by atomic mass is 32.1. The number of rotatable bonds is 5. The summed E-state index contributed by atoms with van der Waals surface area (Å²) in [6.07, 6.45) is 3.70. The summed E-state index contributed by atoms with van der Waals surface area (Å²) in [5, 5.41) is 2.04. The third kappa shape index (κ3) is 2.82. The molecule has 1 unspecified atom stereocenters. The summed E-state index contributed by atoms with van der Waals surface area (Å²) in [4.78, 5) is 23.5. The standard InChI is InChI=1S/C17H19N3OS/c1-11(20(3)10-13-8-18-12(2)22-13)17(21)15-9-19-16-7-5-4-6-14(15)16/h4-9,11,19H,10H2,1-3H3. The number of H-pyrrole nitrogens is 1. The molecular weight excluding hydrogens is 294 g/mol. The molecule has 0 fully saturated rings. The Kier molecular flexibility index (Phi) is 4.09. The monoisotopic (exact) mass is 313 g/mol. The molecule has 0 spiro atoms. The van der Waals surface area contributed by atoms with E-state index < -0.39 is 0 Å². The van der Waals surface area contributed by atoms with Crippen LogP contribution in [0.4, 0.5) is 0 Å². The van der Waals surface area contributed by atoms with Gasteiger partial charge in [0.1, 0.15) is 0 Å². The van der Waals surface area contributed by atoms with Gasteiger partial charge in [-0.05, 0) is 27.0 Å². The van der Waals surface area contributed by atoms with Gasteiger partial charge in [-0.15, -0.1) is 11.3 Å². The molecule has 1 N–H and O–H groups in total. The molecule has 0 amide bonds. The van der Waals surface area contributed by atoms with Crippen LogP contribution in [-0.2, 0) is 6.54 Å². The van der Waals surface area contributed by atoms with Crippen molar-refractivity contribution in [1.82, 2.24) is 14.9 Å². The molecule has 3 aromatic rings. The predicted octanol–water partition coefficient (Wildman–Crippen LogP) is 3.64. The third-order valence-electron chi connectivity index (χ3n) is 3.97. The van der Waals surface area contributed by atoms with Gasteiger partial charge in [0.05, 0.1) is 11.0 Å². The number of hydrogen-bond donors (Lipinski definition) is 1. The first-order chi connectivity index (χ1) is 10.6.